The lowest BCUT2D eigenvalue weighted by Gasteiger charge is -2.25. The molecule has 0 spiro atoms. The van der Waals surface area contributed by atoms with E-state index in [1.807, 2.05) is 42.5 Å². The minimum absolute atomic E-state index is 0.105. The fourth-order valence-corrected chi connectivity index (χ4v) is 2.51. The van der Waals surface area contributed by atoms with Crippen LogP contribution in [0.5, 0.6) is 0 Å². The van der Waals surface area contributed by atoms with Crippen molar-refractivity contribution in [2.45, 2.75) is 19.4 Å². The number of carbonyl (C=O) groups excluding carboxylic acids is 2. The Morgan fingerprint density at radius 1 is 1.00 bits per heavy atom. The lowest BCUT2D eigenvalue weighted by Crippen LogP contribution is -2.44. The molecule has 0 saturated heterocycles. The van der Waals surface area contributed by atoms with Gasteiger partial charge in [-0.25, -0.2) is 0 Å². The highest BCUT2D eigenvalue weighted by molar-refractivity contribution is 5.96. The number of nitrogens with zero attached hydrogens (tertiary/aromatic N) is 1. The van der Waals surface area contributed by atoms with Crippen LogP contribution >= 0.6 is 0 Å². The van der Waals surface area contributed by atoms with E-state index in [0.717, 1.165) is 11.1 Å². The second-order valence-electron chi connectivity index (χ2n) is 6.69. The van der Waals surface area contributed by atoms with Crippen LogP contribution in [0, 0.1) is 0 Å². The molecule has 5 heteroatoms. The Labute approximate surface area is 148 Å². The van der Waals surface area contributed by atoms with Crippen molar-refractivity contribution in [3.63, 3.8) is 0 Å². The summed E-state index contributed by atoms with van der Waals surface area (Å²) in [5.41, 5.74) is 1.63. The molecule has 0 heterocycles. The van der Waals surface area contributed by atoms with Gasteiger partial charge in [-0.05, 0) is 37.1 Å². The van der Waals surface area contributed by atoms with Crippen molar-refractivity contribution in [3.05, 3.63) is 60.2 Å². The van der Waals surface area contributed by atoms with Crippen LogP contribution in [0.1, 0.15) is 24.2 Å². The minimum Gasteiger partial charge on any atom is -0.389 e. The molecule has 0 aliphatic rings. The van der Waals surface area contributed by atoms with Gasteiger partial charge in [0.1, 0.15) is 0 Å². The van der Waals surface area contributed by atoms with E-state index in [2.05, 4.69) is 5.32 Å². The summed E-state index contributed by atoms with van der Waals surface area (Å²) < 4.78 is 0. The van der Waals surface area contributed by atoms with Gasteiger partial charge in [0.25, 0.3) is 5.91 Å². The van der Waals surface area contributed by atoms with E-state index in [0.29, 0.717) is 5.56 Å². The molecule has 0 aliphatic carbocycles. The average Bonchev–Trinajstić information content (AvgIpc) is 2.58. The predicted molar refractivity (Wildman–Crippen MR) is 98.1 cm³/mol. The smallest absolute Gasteiger partial charge is 0.251 e. The number of aliphatic hydroxyl groups is 1. The van der Waals surface area contributed by atoms with Crippen molar-refractivity contribution in [2.24, 2.45) is 0 Å². The van der Waals surface area contributed by atoms with Crippen molar-refractivity contribution in [1.29, 1.82) is 0 Å². The first-order valence-electron chi connectivity index (χ1n) is 8.16. The van der Waals surface area contributed by atoms with Gasteiger partial charge < -0.3 is 15.3 Å². The molecule has 0 atom stereocenters. The molecule has 25 heavy (non-hydrogen) atoms. The van der Waals surface area contributed by atoms with E-state index >= 15 is 0 Å². The molecule has 2 aromatic carbocycles. The summed E-state index contributed by atoms with van der Waals surface area (Å²) >= 11 is 0. The van der Waals surface area contributed by atoms with Crippen LogP contribution in [0.15, 0.2) is 54.6 Å². The first-order chi connectivity index (χ1) is 11.8. The summed E-state index contributed by atoms with van der Waals surface area (Å²) in [5, 5.41) is 12.3. The maximum atomic E-state index is 12.2. The zero-order chi connectivity index (χ0) is 18.4. The molecule has 2 aromatic rings. The molecule has 0 aliphatic heterocycles. The van der Waals surface area contributed by atoms with Crippen LogP contribution in [0.25, 0.3) is 11.1 Å². The van der Waals surface area contributed by atoms with Crippen molar-refractivity contribution >= 4 is 11.8 Å². The van der Waals surface area contributed by atoms with Crippen molar-refractivity contribution < 1.29 is 14.7 Å². The highest BCUT2D eigenvalue weighted by atomic mass is 16.3. The third kappa shape index (κ3) is 5.72. The van der Waals surface area contributed by atoms with Gasteiger partial charge in [0.15, 0.2) is 0 Å². The van der Waals surface area contributed by atoms with Gasteiger partial charge in [0, 0.05) is 19.2 Å². The molecule has 0 fully saturated rings. The maximum absolute atomic E-state index is 12.2. The monoisotopic (exact) mass is 340 g/mol. The quantitative estimate of drug-likeness (QED) is 0.848. The zero-order valence-corrected chi connectivity index (χ0v) is 14.8. The summed E-state index contributed by atoms with van der Waals surface area (Å²) in [6.07, 6.45) is 0. The first kappa shape index (κ1) is 18.7. The van der Waals surface area contributed by atoms with E-state index in [-0.39, 0.29) is 24.9 Å². The Bertz CT molecular complexity index is 719. The van der Waals surface area contributed by atoms with Crippen LogP contribution < -0.4 is 5.32 Å². The first-order valence-corrected chi connectivity index (χ1v) is 8.16. The number of amides is 2. The number of carbonyl (C=O) groups is 2. The molecule has 0 unspecified atom stereocenters. The fraction of sp³-hybridized carbons (Fsp3) is 0.300. The lowest BCUT2D eigenvalue weighted by atomic mass is 10.0. The standard InChI is InChI=1S/C20H24N2O3/c1-20(2,25)14-22(3)18(23)13-21-19(24)17-11-9-16(10-12-17)15-7-5-4-6-8-15/h4-12,25H,13-14H2,1-3H3,(H,21,24). The summed E-state index contributed by atoms with van der Waals surface area (Å²) in [6, 6.07) is 17.1. The Balaban J connectivity index is 1.92. The van der Waals surface area contributed by atoms with E-state index < -0.39 is 5.60 Å². The molecule has 0 aromatic heterocycles. The highest BCUT2D eigenvalue weighted by Gasteiger charge is 2.19. The van der Waals surface area contributed by atoms with E-state index in [9.17, 15) is 14.7 Å². The van der Waals surface area contributed by atoms with Crippen LogP contribution in [0.3, 0.4) is 0 Å². The molecular weight excluding hydrogens is 316 g/mol. The van der Waals surface area contributed by atoms with Gasteiger partial charge in [0.2, 0.25) is 5.91 Å². The topological polar surface area (TPSA) is 69.6 Å². The largest absolute Gasteiger partial charge is 0.389 e. The molecule has 0 saturated carbocycles. The molecule has 2 rings (SSSR count). The maximum Gasteiger partial charge on any atom is 0.251 e. The number of likely N-dealkylation sites (N-methyl/N-ethyl adjacent to an activating group) is 1. The van der Waals surface area contributed by atoms with Crippen molar-refractivity contribution in [1.82, 2.24) is 10.2 Å². The number of benzene rings is 2. The van der Waals surface area contributed by atoms with Gasteiger partial charge in [-0.3, -0.25) is 9.59 Å². The number of hydrogen-bond acceptors (Lipinski definition) is 3. The Kier molecular flexibility index (Phi) is 5.93. The summed E-state index contributed by atoms with van der Waals surface area (Å²) in [5.74, 6) is -0.555. The van der Waals surface area contributed by atoms with Crippen LogP contribution in [-0.2, 0) is 4.79 Å². The van der Waals surface area contributed by atoms with Crippen LogP contribution in [0.2, 0.25) is 0 Å². The third-order valence-electron chi connectivity index (χ3n) is 3.70. The molecule has 0 radical (unpaired) electrons. The third-order valence-corrected chi connectivity index (χ3v) is 3.70. The van der Waals surface area contributed by atoms with Crippen LogP contribution in [-0.4, -0.2) is 47.6 Å². The summed E-state index contributed by atoms with van der Waals surface area (Å²) in [4.78, 5) is 25.6. The van der Waals surface area contributed by atoms with E-state index in [1.165, 1.54) is 4.90 Å². The SMILES string of the molecule is CN(CC(C)(C)O)C(=O)CNC(=O)c1ccc(-c2ccccc2)cc1. The van der Waals surface area contributed by atoms with Gasteiger partial charge >= 0.3 is 0 Å². The second-order valence-corrected chi connectivity index (χ2v) is 6.69. The fourth-order valence-electron chi connectivity index (χ4n) is 2.51. The number of nitrogens with one attached hydrogen (secondary N) is 1. The normalized spacial score (nSPS) is 11.0. The molecule has 2 N–H and O–H groups in total. The highest BCUT2D eigenvalue weighted by Crippen LogP contribution is 2.19. The molecule has 5 nitrogen and oxygen atoms in total. The molecule has 0 bridgehead atoms. The van der Waals surface area contributed by atoms with Crippen LogP contribution in [0.4, 0.5) is 0 Å². The summed E-state index contributed by atoms with van der Waals surface area (Å²) in [7, 11) is 1.60. The zero-order valence-electron chi connectivity index (χ0n) is 14.8. The Morgan fingerprint density at radius 2 is 1.56 bits per heavy atom. The summed E-state index contributed by atoms with van der Waals surface area (Å²) in [6.45, 7) is 3.35. The van der Waals surface area contributed by atoms with E-state index in [4.69, 9.17) is 0 Å². The van der Waals surface area contributed by atoms with Gasteiger partial charge in [-0.2, -0.15) is 0 Å². The van der Waals surface area contributed by atoms with Gasteiger partial charge in [-0.1, -0.05) is 42.5 Å². The van der Waals surface area contributed by atoms with E-state index in [1.54, 1.807) is 33.0 Å². The predicted octanol–water partition coefficient (Wildman–Crippen LogP) is 2.31. The van der Waals surface area contributed by atoms with Crippen molar-refractivity contribution in [2.75, 3.05) is 20.1 Å². The van der Waals surface area contributed by atoms with Gasteiger partial charge in [-0.15, -0.1) is 0 Å². The Morgan fingerprint density at radius 3 is 2.12 bits per heavy atom. The molecule has 2 amide bonds. The van der Waals surface area contributed by atoms with Crippen molar-refractivity contribution in [3.8, 4) is 11.1 Å². The molecule has 132 valence electrons. The Hall–Kier alpha value is -2.66. The second kappa shape index (κ2) is 7.94. The average molecular weight is 340 g/mol. The lowest BCUT2D eigenvalue weighted by molar-refractivity contribution is -0.131. The van der Waals surface area contributed by atoms with Gasteiger partial charge in [0.05, 0.1) is 12.1 Å². The molecular formula is C20H24N2O3. The number of rotatable bonds is 6. The number of hydrogen-bond donors (Lipinski definition) is 2. The minimum atomic E-state index is -0.971.